The van der Waals surface area contributed by atoms with Crippen molar-refractivity contribution in [3.8, 4) is 5.75 Å². The molecular weight excluding hydrogens is 388 g/mol. The monoisotopic (exact) mass is 410 g/mol. The first-order valence-electron chi connectivity index (χ1n) is 10.5. The quantitative estimate of drug-likeness (QED) is 0.663. The van der Waals surface area contributed by atoms with E-state index in [2.05, 4.69) is 10.2 Å². The van der Waals surface area contributed by atoms with Crippen LogP contribution in [0.1, 0.15) is 27.4 Å². The minimum Gasteiger partial charge on any atom is -0.492 e. The minimum absolute atomic E-state index is 0.0283. The summed E-state index contributed by atoms with van der Waals surface area (Å²) >= 11 is 0. The van der Waals surface area contributed by atoms with Crippen LogP contribution in [0, 0.1) is 5.41 Å². The Balaban J connectivity index is 1.68. The molecule has 0 radical (unpaired) electrons. The number of ketones is 1. The molecule has 5 heteroatoms. The number of para-hydroxylation sites is 2. The van der Waals surface area contributed by atoms with Crippen LogP contribution in [0.4, 0.5) is 5.69 Å². The highest BCUT2D eigenvalue weighted by atomic mass is 16.5. The van der Waals surface area contributed by atoms with Gasteiger partial charge in [0, 0.05) is 23.7 Å². The lowest BCUT2D eigenvalue weighted by Crippen LogP contribution is -2.62. The van der Waals surface area contributed by atoms with Crippen LogP contribution in [0.5, 0.6) is 5.75 Å². The van der Waals surface area contributed by atoms with E-state index in [4.69, 9.17) is 4.74 Å². The van der Waals surface area contributed by atoms with Crippen LogP contribution in [0.25, 0.3) is 0 Å². The number of likely N-dealkylation sites (N-methyl/N-ethyl adjacent to an activating group) is 1. The third kappa shape index (κ3) is 2.09. The molecule has 3 aromatic carbocycles. The zero-order chi connectivity index (χ0) is 21.2. The van der Waals surface area contributed by atoms with Crippen molar-refractivity contribution in [1.82, 2.24) is 4.90 Å². The van der Waals surface area contributed by atoms with Crippen molar-refractivity contribution in [2.24, 2.45) is 5.41 Å². The Morgan fingerprint density at radius 2 is 1.65 bits per heavy atom. The number of amides is 1. The van der Waals surface area contributed by atoms with Gasteiger partial charge < -0.3 is 10.1 Å². The Labute approximate surface area is 180 Å². The number of rotatable bonds is 1. The highest BCUT2D eigenvalue weighted by molar-refractivity contribution is 6.15. The fourth-order valence-electron chi connectivity index (χ4n) is 6.10. The molecule has 0 saturated carbocycles. The van der Waals surface area contributed by atoms with Gasteiger partial charge in [-0.05, 0) is 30.8 Å². The molecule has 2 spiro atoms. The molecule has 154 valence electrons. The molecule has 1 amide bonds. The van der Waals surface area contributed by atoms with Gasteiger partial charge in [0.25, 0.3) is 5.91 Å². The molecule has 0 aromatic heterocycles. The van der Waals surface area contributed by atoms with Gasteiger partial charge in [-0.3, -0.25) is 14.5 Å². The lowest BCUT2D eigenvalue weighted by Gasteiger charge is -2.47. The predicted molar refractivity (Wildman–Crippen MR) is 117 cm³/mol. The summed E-state index contributed by atoms with van der Waals surface area (Å²) in [4.78, 5) is 30.3. The van der Waals surface area contributed by atoms with Crippen molar-refractivity contribution >= 4 is 17.4 Å². The molecule has 3 aromatic rings. The molecule has 3 atom stereocenters. The van der Waals surface area contributed by atoms with Gasteiger partial charge in [-0.1, -0.05) is 60.7 Å². The number of nitrogens with one attached hydrogen (secondary N) is 1. The number of hydrogen-bond donors (Lipinski definition) is 1. The first-order valence-corrected chi connectivity index (χ1v) is 10.5. The smallest absolute Gasteiger partial charge is 0.250 e. The van der Waals surface area contributed by atoms with Crippen LogP contribution < -0.4 is 10.1 Å². The molecule has 5 nitrogen and oxygen atoms in total. The molecule has 1 N–H and O–H groups in total. The molecule has 1 saturated heterocycles. The van der Waals surface area contributed by atoms with Gasteiger partial charge >= 0.3 is 0 Å². The number of Topliss-reactive ketones (excluding diaryl/α,β-unsaturated/α-hetero) is 1. The Hall–Kier alpha value is -3.44. The van der Waals surface area contributed by atoms with Gasteiger partial charge in [0.15, 0.2) is 5.78 Å². The normalized spacial score (nSPS) is 29.0. The maximum Gasteiger partial charge on any atom is 0.250 e. The Morgan fingerprint density at radius 1 is 0.935 bits per heavy atom. The highest BCUT2D eigenvalue weighted by Gasteiger charge is 2.75. The van der Waals surface area contributed by atoms with E-state index in [1.165, 1.54) is 0 Å². The van der Waals surface area contributed by atoms with E-state index in [-0.39, 0.29) is 24.2 Å². The van der Waals surface area contributed by atoms with Gasteiger partial charge in [-0.2, -0.15) is 0 Å². The Morgan fingerprint density at radius 3 is 2.48 bits per heavy atom. The molecule has 3 aliphatic heterocycles. The molecule has 31 heavy (non-hydrogen) atoms. The fourth-order valence-corrected chi connectivity index (χ4v) is 6.10. The van der Waals surface area contributed by atoms with E-state index in [1.807, 2.05) is 85.9 Å². The largest absolute Gasteiger partial charge is 0.492 e. The Kier molecular flexibility index (Phi) is 3.72. The molecule has 0 bridgehead atoms. The second-order valence-electron chi connectivity index (χ2n) is 8.64. The van der Waals surface area contributed by atoms with Gasteiger partial charge in [0.1, 0.15) is 23.3 Å². The number of hydrogen-bond acceptors (Lipinski definition) is 4. The summed E-state index contributed by atoms with van der Waals surface area (Å²) in [6, 6.07) is 25.1. The van der Waals surface area contributed by atoms with E-state index >= 15 is 0 Å². The van der Waals surface area contributed by atoms with Crippen LogP contribution in [0.3, 0.4) is 0 Å². The van der Waals surface area contributed by atoms with Crippen LogP contribution in [0.2, 0.25) is 0 Å². The van der Waals surface area contributed by atoms with Crippen molar-refractivity contribution in [3.05, 3.63) is 95.6 Å². The molecule has 1 fully saturated rings. The summed E-state index contributed by atoms with van der Waals surface area (Å²) < 4.78 is 6.25. The van der Waals surface area contributed by atoms with E-state index in [9.17, 15) is 9.59 Å². The maximum atomic E-state index is 14.4. The number of fused-ring (bicyclic) bond motifs is 4. The number of anilines is 1. The summed E-state index contributed by atoms with van der Waals surface area (Å²) in [6.45, 7) is 0.720. The van der Waals surface area contributed by atoms with Crippen molar-refractivity contribution < 1.29 is 14.3 Å². The third-order valence-electron chi connectivity index (χ3n) is 7.36. The van der Waals surface area contributed by atoms with E-state index < -0.39 is 11.0 Å². The molecule has 0 aliphatic carbocycles. The van der Waals surface area contributed by atoms with Crippen LogP contribution in [-0.2, 0) is 10.3 Å². The van der Waals surface area contributed by atoms with E-state index in [0.29, 0.717) is 17.9 Å². The summed E-state index contributed by atoms with van der Waals surface area (Å²) in [5.74, 6) is 0.197. The highest BCUT2D eigenvalue weighted by Crippen LogP contribution is 2.64. The number of nitrogens with zero attached hydrogens (tertiary/aromatic N) is 1. The van der Waals surface area contributed by atoms with Crippen molar-refractivity contribution in [1.29, 1.82) is 0 Å². The van der Waals surface area contributed by atoms with Crippen molar-refractivity contribution in [3.63, 3.8) is 0 Å². The standard InChI is InChI=1S/C26H22N2O3/c1-28-15-20(17-9-3-2-4-10-17)25(16-31-22-14-8-5-11-18(22)23(25)29)26(28)19-12-6-7-13-21(19)27-24(26)30/h2-14,20H,15-16H2,1H3,(H,27,30)/t20-,25-,26-/m1/s1. The van der Waals surface area contributed by atoms with Crippen LogP contribution >= 0.6 is 0 Å². The lowest BCUT2D eigenvalue weighted by atomic mass is 9.57. The summed E-state index contributed by atoms with van der Waals surface area (Å²) in [5, 5.41) is 3.06. The number of benzene rings is 3. The lowest BCUT2D eigenvalue weighted by molar-refractivity contribution is -0.131. The van der Waals surface area contributed by atoms with Crippen LogP contribution in [-0.4, -0.2) is 36.8 Å². The van der Waals surface area contributed by atoms with E-state index in [0.717, 1.165) is 16.8 Å². The zero-order valence-electron chi connectivity index (χ0n) is 17.2. The molecule has 6 rings (SSSR count). The zero-order valence-corrected chi connectivity index (χ0v) is 17.2. The second-order valence-corrected chi connectivity index (χ2v) is 8.64. The number of carbonyl (C=O) groups is 2. The van der Waals surface area contributed by atoms with Gasteiger partial charge in [0.2, 0.25) is 0 Å². The number of ether oxygens (including phenoxy) is 1. The Bertz CT molecular complexity index is 1220. The maximum absolute atomic E-state index is 14.4. The van der Waals surface area contributed by atoms with Gasteiger partial charge in [-0.25, -0.2) is 0 Å². The topological polar surface area (TPSA) is 58.6 Å². The molecule has 3 aliphatic rings. The molecular formula is C26H22N2O3. The molecule has 3 heterocycles. The molecule has 0 unspecified atom stereocenters. The predicted octanol–water partition coefficient (Wildman–Crippen LogP) is 3.82. The first kappa shape index (κ1) is 18.3. The fraction of sp³-hybridized carbons (Fsp3) is 0.231. The van der Waals surface area contributed by atoms with Crippen LogP contribution in [0.15, 0.2) is 78.9 Å². The minimum atomic E-state index is -1.14. The average Bonchev–Trinajstić information content (AvgIpc) is 3.25. The van der Waals surface area contributed by atoms with Gasteiger partial charge in [-0.15, -0.1) is 0 Å². The average molecular weight is 410 g/mol. The second kappa shape index (κ2) is 6.28. The van der Waals surface area contributed by atoms with Crippen molar-refractivity contribution in [2.45, 2.75) is 11.5 Å². The SMILES string of the molecule is CN1C[C@H](c2ccccc2)[C@@]2(COc3ccccc3C2=O)[C@@]12C(=O)Nc1ccccc12. The summed E-state index contributed by atoms with van der Waals surface area (Å²) in [6.07, 6.45) is 0. The van der Waals surface area contributed by atoms with Crippen molar-refractivity contribution in [2.75, 3.05) is 25.5 Å². The van der Waals surface area contributed by atoms with Gasteiger partial charge in [0.05, 0.1) is 5.56 Å². The summed E-state index contributed by atoms with van der Waals surface area (Å²) in [7, 11) is 1.94. The number of likely N-dealkylation sites (tertiary alicyclic amines) is 1. The number of carbonyl (C=O) groups excluding carboxylic acids is 2. The van der Waals surface area contributed by atoms with E-state index in [1.54, 1.807) is 0 Å². The first-order chi connectivity index (χ1) is 15.1. The summed E-state index contributed by atoms with van der Waals surface area (Å²) in [5.41, 5.74) is 0.959. The third-order valence-corrected chi connectivity index (χ3v) is 7.36.